The highest BCUT2D eigenvalue weighted by atomic mass is 32.1. The van der Waals surface area contributed by atoms with Crippen LogP contribution >= 0.6 is 12.2 Å². The van der Waals surface area contributed by atoms with Crippen molar-refractivity contribution in [2.24, 2.45) is 46.4 Å². The molecule has 11 heavy (non-hydrogen) atoms. The van der Waals surface area contributed by atoms with Crippen LogP contribution in [-0.2, 0) is 0 Å². The lowest BCUT2D eigenvalue weighted by Gasteiger charge is -3.05. The van der Waals surface area contributed by atoms with Crippen molar-refractivity contribution in [2.45, 2.75) is 5.54 Å². The van der Waals surface area contributed by atoms with E-state index in [-0.39, 0.29) is 0 Å². The van der Waals surface area contributed by atoms with Gasteiger partial charge in [-0.2, -0.15) is 0 Å². The second kappa shape index (κ2) is 0.915. The van der Waals surface area contributed by atoms with Gasteiger partial charge < -0.3 is 0 Å². The van der Waals surface area contributed by atoms with E-state index in [9.17, 15) is 0 Å². The van der Waals surface area contributed by atoms with Crippen LogP contribution in [0.5, 0.6) is 0 Å². The second-order valence-corrected chi connectivity index (χ2v) is 5.16. The number of aliphatic imine (C=N–C) groups is 1. The first-order valence-electron chi connectivity index (χ1n) is 4.52. The van der Waals surface area contributed by atoms with E-state index >= 15 is 0 Å². The summed E-state index contributed by atoms with van der Waals surface area (Å²) in [4.78, 5) is 4.42. The highest BCUT2D eigenvalue weighted by molar-refractivity contribution is 7.78. The molecular weight excluding hydrogens is 154 g/mol. The van der Waals surface area contributed by atoms with Crippen LogP contribution in [0.1, 0.15) is 0 Å². The fraction of sp³-hybridized carbons (Fsp3) is 0.889. The monoisotopic (exact) mass is 161 g/mol. The Kier molecular flexibility index (Phi) is 0.394. The van der Waals surface area contributed by atoms with Crippen LogP contribution in [0, 0.1) is 41.4 Å². The fourth-order valence-corrected chi connectivity index (χ4v) is 5.83. The van der Waals surface area contributed by atoms with Gasteiger partial charge >= 0.3 is 0 Å². The van der Waals surface area contributed by atoms with Crippen molar-refractivity contribution in [3.63, 3.8) is 0 Å². The topological polar surface area (TPSA) is 12.4 Å². The highest BCUT2D eigenvalue weighted by Crippen LogP contribution is 3.03. The zero-order valence-electron chi connectivity index (χ0n) is 5.90. The molecule has 0 bridgehead atoms. The number of rotatable bonds is 1. The zero-order valence-corrected chi connectivity index (χ0v) is 6.71. The van der Waals surface area contributed by atoms with E-state index in [1.165, 1.54) is 5.92 Å². The molecule has 6 aliphatic carbocycles. The molecule has 6 fully saturated rings. The molecule has 0 saturated heterocycles. The normalized spacial score (nSPS) is 87.5. The molecule has 0 radical (unpaired) electrons. The van der Waals surface area contributed by atoms with Crippen LogP contribution < -0.4 is 0 Å². The molecule has 2 heteroatoms. The molecule has 0 spiro atoms. The number of thiocarbonyl (C=S) groups is 1. The Hall–Kier alpha value is -0.200. The maximum atomic E-state index is 4.71. The molecule has 0 N–H and O–H groups in total. The molecular formula is C9H7NS. The molecule has 0 unspecified atom stereocenters. The molecule has 6 rings (SSSR count). The molecule has 0 aliphatic heterocycles. The summed E-state index contributed by atoms with van der Waals surface area (Å²) in [5.74, 6) is 7.58. The molecule has 0 aromatic rings. The van der Waals surface area contributed by atoms with Gasteiger partial charge in [-0.25, -0.2) is 4.99 Å². The third-order valence-electron chi connectivity index (χ3n) is 5.66. The van der Waals surface area contributed by atoms with Gasteiger partial charge in [0.05, 0.1) is 10.7 Å². The Morgan fingerprint density at radius 3 is 2.00 bits per heavy atom. The van der Waals surface area contributed by atoms with Crippen molar-refractivity contribution in [3.05, 3.63) is 0 Å². The second-order valence-electron chi connectivity index (χ2n) is 4.98. The first-order valence-corrected chi connectivity index (χ1v) is 4.93. The van der Waals surface area contributed by atoms with Gasteiger partial charge in [0.15, 0.2) is 0 Å². The van der Waals surface area contributed by atoms with Gasteiger partial charge in [0.25, 0.3) is 0 Å². The van der Waals surface area contributed by atoms with Crippen molar-refractivity contribution in [2.75, 3.05) is 0 Å². The van der Waals surface area contributed by atoms with Crippen LogP contribution in [0.3, 0.4) is 0 Å². The third kappa shape index (κ3) is 0.178. The predicted octanol–water partition coefficient (Wildman–Crippen LogP) is 1.21. The summed E-state index contributed by atoms with van der Waals surface area (Å²) in [6.07, 6.45) is 0. The number of hydrogen-bond acceptors (Lipinski definition) is 2. The van der Waals surface area contributed by atoms with Crippen molar-refractivity contribution in [1.82, 2.24) is 0 Å². The molecule has 0 amide bonds. The standard InChI is InChI=1S/C9H7NS/c11-1-10-9-6-3-2-4(6)8(9)5(2)7(3)9/h2-8H. The average molecular weight is 161 g/mol. The molecule has 1 nitrogen and oxygen atoms in total. The molecule has 54 valence electrons. The van der Waals surface area contributed by atoms with Gasteiger partial charge in [-0.3, -0.25) is 0 Å². The Balaban J connectivity index is 1.78. The highest BCUT2D eigenvalue weighted by Gasteiger charge is 3.05. The minimum absolute atomic E-state index is 0.427. The van der Waals surface area contributed by atoms with Crippen molar-refractivity contribution in [3.8, 4) is 0 Å². The smallest absolute Gasteiger partial charge is 0.0812 e. The molecule has 0 aromatic carbocycles. The SMILES string of the molecule is S=C=NC12C3C4C5C3C1C5C42. The summed E-state index contributed by atoms with van der Waals surface area (Å²) < 4.78 is 0. The van der Waals surface area contributed by atoms with E-state index in [2.05, 4.69) is 10.2 Å². The van der Waals surface area contributed by atoms with Crippen molar-refractivity contribution < 1.29 is 0 Å². The molecule has 6 saturated carbocycles. The fourth-order valence-electron chi connectivity index (χ4n) is 5.67. The summed E-state index contributed by atoms with van der Waals surface area (Å²) in [6.45, 7) is 0. The minimum Gasteiger partial charge on any atom is -0.225 e. The minimum atomic E-state index is 0.427. The number of hydrogen-bond donors (Lipinski definition) is 0. The Morgan fingerprint density at radius 1 is 1.00 bits per heavy atom. The van der Waals surface area contributed by atoms with Crippen LogP contribution in [0.4, 0.5) is 0 Å². The summed E-state index contributed by atoms with van der Waals surface area (Å²) in [5.41, 5.74) is 0.427. The van der Waals surface area contributed by atoms with Crippen LogP contribution in [0.25, 0.3) is 0 Å². The molecule has 0 heterocycles. The van der Waals surface area contributed by atoms with Gasteiger partial charge in [0.2, 0.25) is 0 Å². The van der Waals surface area contributed by atoms with Crippen LogP contribution in [0.2, 0.25) is 0 Å². The number of isothiocyanates is 1. The molecule has 0 atom stereocenters. The van der Waals surface area contributed by atoms with Gasteiger partial charge in [0.1, 0.15) is 0 Å². The van der Waals surface area contributed by atoms with Crippen molar-refractivity contribution >= 4 is 17.4 Å². The van der Waals surface area contributed by atoms with Gasteiger partial charge in [0, 0.05) is 0 Å². The quantitative estimate of drug-likeness (QED) is 0.416. The third-order valence-corrected chi connectivity index (χ3v) is 5.75. The zero-order chi connectivity index (χ0) is 6.96. The molecule has 0 aromatic heterocycles. The first kappa shape index (κ1) is 4.74. The van der Waals surface area contributed by atoms with E-state index in [0.29, 0.717) is 5.54 Å². The van der Waals surface area contributed by atoms with Gasteiger partial charge in [-0.05, 0) is 53.6 Å². The molecule has 6 aliphatic rings. The van der Waals surface area contributed by atoms with Gasteiger partial charge in [-0.15, -0.1) is 0 Å². The summed E-state index contributed by atoms with van der Waals surface area (Å²) in [6, 6.07) is 0. The van der Waals surface area contributed by atoms with E-state index < -0.39 is 0 Å². The summed E-state index contributed by atoms with van der Waals surface area (Å²) in [7, 11) is 0. The Morgan fingerprint density at radius 2 is 1.55 bits per heavy atom. The lowest BCUT2D eigenvalue weighted by molar-refractivity contribution is -0.571. The largest absolute Gasteiger partial charge is 0.225 e. The van der Waals surface area contributed by atoms with Crippen LogP contribution in [-0.4, -0.2) is 10.7 Å². The van der Waals surface area contributed by atoms with E-state index in [1.807, 2.05) is 0 Å². The van der Waals surface area contributed by atoms with E-state index in [1.54, 1.807) is 0 Å². The maximum absolute atomic E-state index is 4.71. The first-order chi connectivity index (χ1) is 5.43. The number of nitrogens with zero attached hydrogens (tertiary/aromatic N) is 1. The lowest BCUT2D eigenvalue weighted by atomic mass is 8.99. The average Bonchev–Trinajstić information content (AvgIpc) is 2.06. The Labute approximate surface area is 69.9 Å². The Bertz CT molecular complexity index is 304. The summed E-state index contributed by atoms with van der Waals surface area (Å²) >= 11 is 4.71. The van der Waals surface area contributed by atoms with E-state index in [0.717, 1.165) is 35.5 Å². The van der Waals surface area contributed by atoms with Gasteiger partial charge in [-0.1, -0.05) is 0 Å². The van der Waals surface area contributed by atoms with Crippen LogP contribution in [0.15, 0.2) is 4.99 Å². The lowest BCUT2D eigenvalue weighted by Crippen LogP contribution is -3.08. The maximum Gasteiger partial charge on any atom is 0.0812 e. The predicted molar refractivity (Wildman–Crippen MR) is 42.2 cm³/mol. The summed E-state index contributed by atoms with van der Waals surface area (Å²) in [5, 5.41) is 2.61. The van der Waals surface area contributed by atoms with Crippen molar-refractivity contribution in [1.29, 1.82) is 0 Å². The van der Waals surface area contributed by atoms with E-state index in [4.69, 9.17) is 12.2 Å².